The van der Waals surface area contributed by atoms with E-state index in [0.717, 1.165) is 10.9 Å². The summed E-state index contributed by atoms with van der Waals surface area (Å²) in [6.07, 6.45) is 1.41. The van der Waals surface area contributed by atoms with Gasteiger partial charge in [-0.2, -0.15) is 0 Å². The molecule has 1 aliphatic carbocycles. The number of aryl methyl sites for hydroxylation is 1. The molecule has 3 aromatic rings. The van der Waals surface area contributed by atoms with Gasteiger partial charge in [-0.25, -0.2) is 13.5 Å². The van der Waals surface area contributed by atoms with E-state index >= 15 is 0 Å². The molecule has 0 saturated heterocycles. The monoisotopic (exact) mass is 346 g/mol. The molecule has 0 amide bonds. The molecule has 8 heteroatoms. The summed E-state index contributed by atoms with van der Waals surface area (Å²) in [7, 11) is 1.69. The van der Waals surface area contributed by atoms with Crippen molar-refractivity contribution in [2.24, 2.45) is 7.05 Å². The van der Waals surface area contributed by atoms with Crippen molar-refractivity contribution in [1.82, 2.24) is 19.6 Å². The number of benzene rings is 1. The zero-order chi connectivity index (χ0) is 17.6. The molecule has 1 aliphatic rings. The third-order valence-electron chi connectivity index (χ3n) is 4.68. The number of nitrogens with zero attached hydrogens (tertiary/aromatic N) is 4. The Labute approximate surface area is 141 Å². The molecule has 0 atom stereocenters. The minimum absolute atomic E-state index is 0.0853. The van der Waals surface area contributed by atoms with E-state index in [1.807, 2.05) is 12.1 Å². The van der Waals surface area contributed by atoms with Crippen LogP contribution in [0.1, 0.15) is 18.4 Å². The van der Waals surface area contributed by atoms with Crippen LogP contribution >= 0.6 is 0 Å². The molecule has 130 valence electrons. The van der Waals surface area contributed by atoms with Crippen LogP contribution in [0.25, 0.3) is 10.8 Å². The lowest BCUT2D eigenvalue weighted by Crippen LogP contribution is -2.26. The SMILES string of the molecule is Cn1ccc2c(COc3cn(C4(C(F)F)CC4)nn3)cccc2c1=O. The maximum absolute atomic E-state index is 13.1. The van der Waals surface area contributed by atoms with Crippen molar-refractivity contribution in [1.29, 1.82) is 0 Å². The van der Waals surface area contributed by atoms with E-state index < -0.39 is 12.0 Å². The zero-order valence-electron chi connectivity index (χ0n) is 13.5. The van der Waals surface area contributed by atoms with Gasteiger partial charge in [0.1, 0.15) is 12.1 Å². The van der Waals surface area contributed by atoms with Gasteiger partial charge in [-0.1, -0.05) is 22.4 Å². The molecule has 2 aromatic heterocycles. The molecule has 0 unspecified atom stereocenters. The highest BCUT2D eigenvalue weighted by Gasteiger charge is 2.54. The van der Waals surface area contributed by atoms with Crippen molar-refractivity contribution in [3.63, 3.8) is 0 Å². The van der Waals surface area contributed by atoms with Gasteiger partial charge < -0.3 is 9.30 Å². The van der Waals surface area contributed by atoms with Gasteiger partial charge in [0.15, 0.2) is 0 Å². The van der Waals surface area contributed by atoms with Crippen LogP contribution in [0.15, 0.2) is 41.5 Å². The maximum atomic E-state index is 13.1. The van der Waals surface area contributed by atoms with E-state index in [1.54, 1.807) is 25.4 Å². The van der Waals surface area contributed by atoms with E-state index in [0.29, 0.717) is 18.2 Å². The molecule has 2 heterocycles. The highest BCUT2D eigenvalue weighted by molar-refractivity contribution is 5.84. The average molecular weight is 346 g/mol. The summed E-state index contributed by atoms with van der Waals surface area (Å²) < 4.78 is 34.5. The van der Waals surface area contributed by atoms with Gasteiger partial charge in [-0.3, -0.25) is 4.79 Å². The van der Waals surface area contributed by atoms with Crippen LogP contribution in [0.2, 0.25) is 0 Å². The minimum Gasteiger partial charge on any atom is -0.471 e. The molecule has 0 spiro atoms. The van der Waals surface area contributed by atoms with E-state index in [9.17, 15) is 13.6 Å². The third-order valence-corrected chi connectivity index (χ3v) is 4.68. The topological polar surface area (TPSA) is 61.9 Å². The Morgan fingerprint density at radius 1 is 1.28 bits per heavy atom. The van der Waals surface area contributed by atoms with Crippen LogP contribution in [0, 0.1) is 0 Å². The molecule has 1 aromatic carbocycles. The van der Waals surface area contributed by atoms with E-state index in [1.165, 1.54) is 15.4 Å². The quantitative estimate of drug-likeness (QED) is 0.712. The predicted octanol–water partition coefficient (Wildman–Crippen LogP) is 2.46. The van der Waals surface area contributed by atoms with Crippen LogP contribution in [0.4, 0.5) is 8.78 Å². The van der Waals surface area contributed by atoms with Crippen LogP contribution in [-0.2, 0) is 19.2 Å². The van der Waals surface area contributed by atoms with E-state index in [4.69, 9.17) is 4.74 Å². The molecule has 0 radical (unpaired) electrons. The molecule has 0 N–H and O–H groups in total. The molecule has 0 aliphatic heterocycles. The normalized spacial score (nSPS) is 15.7. The Kier molecular flexibility index (Phi) is 3.55. The van der Waals surface area contributed by atoms with Gasteiger partial charge in [-0.05, 0) is 35.9 Å². The van der Waals surface area contributed by atoms with Gasteiger partial charge in [0.25, 0.3) is 17.9 Å². The zero-order valence-corrected chi connectivity index (χ0v) is 13.5. The average Bonchev–Trinajstić information content (AvgIpc) is 3.29. The van der Waals surface area contributed by atoms with Gasteiger partial charge >= 0.3 is 0 Å². The summed E-state index contributed by atoms with van der Waals surface area (Å²) in [5.41, 5.74) is -0.488. The Balaban J connectivity index is 1.57. The molecule has 6 nitrogen and oxygen atoms in total. The Hall–Kier alpha value is -2.77. The number of pyridine rings is 1. The highest BCUT2D eigenvalue weighted by atomic mass is 19.3. The van der Waals surface area contributed by atoms with Gasteiger partial charge in [0, 0.05) is 18.6 Å². The molecule has 0 bridgehead atoms. The van der Waals surface area contributed by atoms with Crippen molar-refractivity contribution in [2.45, 2.75) is 31.4 Å². The number of ether oxygens (including phenoxy) is 1. The Morgan fingerprint density at radius 3 is 2.80 bits per heavy atom. The molecular formula is C17H16F2N4O2. The van der Waals surface area contributed by atoms with Gasteiger partial charge in [-0.15, -0.1) is 0 Å². The minimum atomic E-state index is -2.48. The van der Waals surface area contributed by atoms with Crippen molar-refractivity contribution in [2.75, 3.05) is 0 Å². The summed E-state index contributed by atoms with van der Waals surface area (Å²) in [6.45, 7) is 0.172. The number of rotatable bonds is 5. The number of halogens is 2. The second-order valence-corrected chi connectivity index (χ2v) is 6.30. The number of aromatic nitrogens is 4. The van der Waals surface area contributed by atoms with E-state index in [2.05, 4.69) is 10.3 Å². The number of alkyl halides is 2. The number of hydrogen-bond acceptors (Lipinski definition) is 4. The fourth-order valence-electron chi connectivity index (χ4n) is 2.93. The van der Waals surface area contributed by atoms with E-state index in [-0.39, 0.29) is 18.0 Å². The first-order chi connectivity index (χ1) is 12.0. The smallest absolute Gasteiger partial charge is 0.263 e. The lowest BCUT2D eigenvalue weighted by atomic mass is 10.1. The van der Waals surface area contributed by atoms with Crippen molar-refractivity contribution in [3.8, 4) is 5.88 Å². The third kappa shape index (κ3) is 2.57. The molecule has 1 fully saturated rings. The number of hydrogen-bond donors (Lipinski definition) is 0. The first-order valence-corrected chi connectivity index (χ1v) is 7.92. The lowest BCUT2D eigenvalue weighted by Gasteiger charge is -2.12. The van der Waals surface area contributed by atoms with Crippen LogP contribution in [0.5, 0.6) is 5.88 Å². The largest absolute Gasteiger partial charge is 0.471 e. The predicted molar refractivity (Wildman–Crippen MR) is 86.8 cm³/mol. The maximum Gasteiger partial charge on any atom is 0.263 e. The van der Waals surface area contributed by atoms with Crippen LogP contribution < -0.4 is 10.3 Å². The summed E-state index contributed by atoms with van der Waals surface area (Å²) >= 11 is 0. The van der Waals surface area contributed by atoms with Crippen LogP contribution in [-0.4, -0.2) is 26.0 Å². The summed E-state index contributed by atoms with van der Waals surface area (Å²) in [5.74, 6) is 0.188. The Bertz CT molecular complexity index is 992. The second-order valence-electron chi connectivity index (χ2n) is 6.30. The molecule has 1 saturated carbocycles. The van der Waals surface area contributed by atoms with Crippen molar-refractivity contribution >= 4 is 10.8 Å². The fraction of sp³-hybridized carbons (Fsp3) is 0.353. The number of fused-ring (bicyclic) bond motifs is 1. The van der Waals surface area contributed by atoms with Crippen molar-refractivity contribution < 1.29 is 13.5 Å². The highest BCUT2D eigenvalue weighted by Crippen LogP contribution is 2.48. The van der Waals surface area contributed by atoms with Crippen molar-refractivity contribution in [3.05, 3.63) is 52.6 Å². The fourth-order valence-corrected chi connectivity index (χ4v) is 2.93. The van der Waals surface area contributed by atoms with Crippen LogP contribution in [0.3, 0.4) is 0 Å². The molecule has 4 rings (SSSR count). The summed E-state index contributed by atoms with van der Waals surface area (Å²) in [6, 6.07) is 7.25. The van der Waals surface area contributed by atoms with Gasteiger partial charge in [0.05, 0.1) is 6.20 Å². The standard InChI is InChI=1S/C17H16F2N4O2/c1-22-8-5-12-11(3-2-4-13(12)15(22)24)10-25-14-9-23(21-20-14)17(6-7-17)16(18)19/h2-5,8-9,16H,6-7,10H2,1H3. The first-order valence-electron chi connectivity index (χ1n) is 7.92. The van der Waals surface area contributed by atoms with Gasteiger partial charge in [0.2, 0.25) is 0 Å². The summed E-state index contributed by atoms with van der Waals surface area (Å²) in [5, 5.41) is 9.00. The molecular weight excluding hydrogens is 330 g/mol. The second kappa shape index (κ2) is 5.65. The Morgan fingerprint density at radius 2 is 2.08 bits per heavy atom. The lowest BCUT2D eigenvalue weighted by molar-refractivity contribution is 0.0593. The summed E-state index contributed by atoms with van der Waals surface area (Å²) in [4.78, 5) is 12.2. The first kappa shape index (κ1) is 15.7. The molecule has 25 heavy (non-hydrogen) atoms.